The minimum absolute atomic E-state index is 0.311. The van der Waals surface area contributed by atoms with Gasteiger partial charge in [-0.15, -0.1) is 0 Å². The lowest BCUT2D eigenvalue weighted by Crippen LogP contribution is -1.94. The summed E-state index contributed by atoms with van der Waals surface area (Å²) in [7, 11) is 0. The molecule has 2 aromatic rings. The van der Waals surface area contributed by atoms with Crippen molar-refractivity contribution >= 4 is 17.6 Å². The van der Waals surface area contributed by atoms with Crippen LogP contribution < -0.4 is 0 Å². The fourth-order valence-corrected chi connectivity index (χ4v) is 2.04. The molecule has 0 bridgehead atoms. The van der Waals surface area contributed by atoms with E-state index in [0.717, 1.165) is 11.1 Å². The Balaban J connectivity index is 2.29. The van der Waals surface area contributed by atoms with Crippen molar-refractivity contribution < 1.29 is 9.90 Å². The molecule has 102 valence electrons. The maximum absolute atomic E-state index is 10.8. The van der Waals surface area contributed by atoms with Crippen LogP contribution >= 0.6 is 0 Å². The summed E-state index contributed by atoms with van der Waals surface area (Å²) in [6.45, 7) is 6.27. The fourth-order valence-electron chi connectivity index (χ4n) is 2.04. The Morgan fingerprint density at radius 2 is 1.55 bits per heavy atom. The van der Waals surface area contributed by atoms with Gasteiger partial charge >= 0.3 is 5.97 Å². The number of aromatic carboxylic acids is 1. The molecule has 0 amide bonds. The number of benzene rings is 2. The van der Waals surface area contributed by atoms with Crippen molar-refractivity contribution in [2.75, 3.05) is 0 Å². The van der Waals surface area contributed by atoms with Crippen molar-refractivity contribution in [3.8, 4) is 0 Å². The largest absolute Gasteiger partial charge is 0.478 e. The Morgan fingerprint density at radius 3 is 2.10 bits per heavy atom. The maximum atomic E-state index is 10.8. The van der Waals surface area contributed by atoms with E-state index >= 15 is 0 Å². The molecule has 0 heterocycles. The quantitative estimate of drug-likeness (QED) is 0.827. The Bertz CT molecular complexity index is 664. The second-order valence-electron chi connectivity index (χ2n) is 5.05. The van der Waals surface area contributed by atoms with Crippen LogP contribution in [0.2, 0.25) is 0 Å². The first-order valence-electron chi connectivity index (χ1n) is 6.56. The molecule has 0 spiro atoms. The minimum Gasteiger partial charge on any atom is -0.478 e. The Kier molecular flexibility index (Phi) is 4.04. The van der Waals surface area contributed by atoms with Crippen molar-refractivity contribution in [2.45, 2.75) is 20.8 Å². The van der Waals surface area contributed by atoms with Gasteiger partial charge in [0.15, 0.2) is 0 Å². The third-order valence-electron chi connectivity index (χ3n) is 3.50. The average molecular weight is 266 g/mol. The Labute approximate surface area is 119 Å². The molecular weight excluding hydrogens is 248 g/mol. The molecule has 2 heteroatoms. The van der Waals surface area contributed by atoms with Crippen LogP contribution in [-0.4, -0.2) is 11.1 Å². The third kappa shape index (κ3) is 3.15. The van der Waals surface area contributed by atoms with E-state index in [9.17, 15) is 4.79 Å². The smallest absolute Gasteiger partial charge is 0.335 e. The number of carboxylic acid groups (broad SMARTS) is 1. The molecule has 0 aliphatic carbocycles. The van der Waals surface area contributed by atoms with Crippen LogP contribution in [0, 0.1) is 13.8 Å². The number of carboxylic acids is 1. The molecule has 1 N–H and O–H groups in total. The van der Waals surface area contributed by atoms with Crippen molar-refractivity contribution in [1.29, 1.82) is 0 Å². The van der Waals surface area contributed by atoms with E-state index < -0.39 is 5.97 Å². The number of hydrogen-bond acceptors (Lipinski definition) is 1. The van der Waals surface area contributed by atoms with Gasteiger partial charge in [0.05, 0.1) is 5.56 Å². The lowest BCUT2D eigenvalue weighted by atomic mass is 9.99. The standard InChI is InChI=1S/C18H18O2/c1-12-4-7-17(11-13(12)2)14(3)10-15-5-8-16(9-6-15)18(19)20/h4-11H,1-3H3,(H,19,20)/b14-10+. The van der Waals surface area contributed by atoms with Crippen LogP contribution in [0.25, 0.3) is 11.6 Å². The monoisotopic (exact) mass is 266 g/mol. The van der Waals surface area contributed by atoms with E-state index in [1.165, 1.54) is 16.7 Å². The van der Waals surface area contributed by atoms with Crippen molar-refractivity contribution in [3.05, 3.63) is 70.3 Å². The molecule has 0 aliphatic rings. The average Bonchev–Trinajstić information content (AvgIpc) is 2.42. The maximum Gasteiger partial charge on any atom is 0.335 e. The number of carbonyl (C=O) groups is 1. The van der Waals surface area contributed by atoms with Crippen molar-refractivity contribution in [1.82, 2.24) is 0 Å². The molecule has 0 radical (unpaired) electrons. The summed E-state index contributed by atoms with van der Waals surface area (Å²) in [5, 5.41) is 8.88. The predicted octanol–water partition coefficient (Wildman–Crippen LogP) is 4.56. The van der Waals surface area contributed by atoms with Gasteiger partial charge in [-0.25, -0.2) is 4.79 Å². The first-order valence-corrected chi connectivity index (χ1v) is 6.56. The van der Waals surface area contributed by atoms with Gasteiger partial charge in [-0.05, 0) is 60.7 Å². The van der Waals surface area contributed by atoms with E-state index in [2.05, 4.69) is 45.0 Å². The zero-order chi connectivity index (χ0) is 14.7. The van der Waals surface area contributed by atoms with Gasteiger partial charge in [0.1, 0.15) is 0 Å². The number of hydrogen-bond donors (Lipinski definition) is 1. The highest BCUT2D eigenvalue weighted by Gasteiger charge is 2.02. The van der Waals surface area contributed by atoms with Crippen LogP contribution in [-0.2, 0) is 0 Å². The molecule has 0 atom stereocenters. The normalized spacial score (nSPS) is 11.4. The molecule has 20 heavy (non-hydrogen) atoms. The highest BCUT2D eigenvalue weighted by atomic mass is 16.4. The van der Waals surface area contributed by atoms with Gasteiger partial charge in [0, 0.05) is 0 Å². The molecule has 0 aromatic heterocycles. The van der Waals surface area contributed by atoms with Crippen LogP contribution in [0.15, 0.2) is 42.5 Å². The summed E-state index contributed by atoms with van der Waals surface area (Å²) in [4.78, 5) is 10.8. The molecule has 0 saturated heterocycles. The SMILES string of the molecule is C/C(=C\c1ccc(C(=O)O)cc1)c1ccc(C)c(C)c1. The number of aryl methyl sites for hydroxylation is 2. The lowest BCUT2D eigenvalue weighted by molar-refractivity contribution is 0.0697. The summed E-state index contributed by atoms with van der Waals surface area (Å²) < 4.78 is 0. The molecule has 0 saturated carbocycles. The molecule has 0 unspecified atom stereocenters. The number of rotatable bonds is 3. The first kappa shape index (κ1) is 14.1. The zero-order valence-electron chi connectivity index (χ0n) is 12.0. The van der Waals surface area contributed by atoms with Crippen LogP contribution in [0.3, 0.4) is 0 Å². The molecule has 2 nitrogen and oxygen atoms in total. The number of allylic oxidation sites excluding steroid dienone is 1. The van der Waals surface area contributed by atoms with Crippen molar-refractivity contribution in [3.63, 3.8) is 0 Å². The van der Waals surface area contributed by atoms with E-state index in [0.29, 0.717) is 5.56 Å². The molecule has 0 aliphatic heterocycles. The second kappa shape index (κ2) is 5.74. The van der Waals surface area contributed by atoms with Crippen LogP contribution in [0.4, 0.5) is 0 Å². The van der Waals surface area contributed by atoms with E-state index in [1.54, 1.807) is 12.1 Å². The summed E-state index contributed by atoms with van der Waals surface area (Å²) in [6, 6.07) is 13.3. The van der Waals surface area contributed by atoms with Gasteiger partial charge in [-0.1, -0.05) is 36.4 Å². The highest BCUT2D eigenvalue weighted by Crippen LogP contribution is 2.20. The fraction of sp³-hybridized carbons (Fsp3) is 0.167. The first-order chi connectivity index (χ1) is 9.47. The highest BCUT2D eigenvalue weighted by molar-refractivity contribution is 5.88. The molecule has 0 fully saturated rings. The summed E-state index contributed by atoms with van der Waals surface area (Å²) in [5.74, 6) is -0.897. The summed E-state index contributed by atoms with van der Waals surface area (Å²) in [6.07, 6.45) is 2.07. The predicted molar refractivity (Wildman–Crippen MR) is 82.9 cm³/mol. The van der Waals surface area contributed by atoms with Crippen LogP contribution in [0.1, 0.15) is 39.5 Å². The molecule has 2 rings (SSSR count). The van der Waals surface area contributed by atoms with E-state index in [4.69, 9.17) is 5.11 Å². The van der Waals surface area contributed by atoms with Gasteiger partial charge in [-0.3, -0.25) is 0 Å². The summed E-state index contributed by atoms with van der Waals surface area (Å²) in [5.41, 5.74) is 6.23. The minimum atomic E-state index is -0.897. The summed E-state index contributed by atoms with van der Waals surface area (Å²) >= 11 is 0. The van der Waals surface area contributed by atoms with E-state index in [1.807, 2.05) is 12.1 Å². The topological polar surface area (TPSA) is 37.3 Å². The Morgan fingerprint density at radius 1 is 0.950 bits per heavy atom. The molecular formula is C18H18O2. The van der Waals surface area contributed by atoms with Gasteiger partial charge in [0.25, 0.3) is 0 Å². The van der Waals surface area contributed by atoms with Gasteiger partial charge in [0.2, 0.25) is 0 Å². The van der Waals surface area contributed by atoms with E-state index in [-0.39, 0.29) is 0 Å². The lowest BCUT2D eigenvalue weighted by Gasteiger charge is -2.06. The second-order valence-corrected chi connectivity index (χ2v) is 5.05. The Hall–Kier alpha value is -2.35. The third-order valence-corrected chi connectivity index (χ3v) is 3.50. The van der Waals surface area contributed by atoms with Gasteiger partial charge < -0.3 is 5.11 Å². The molecule has 2 aromatic carbocycles. The zero-order valence-corrected chi connectivity index (χ0v) is 12.0. The van der Waals surface area contributed by atoms with Crippen molar-refractivity contribution in [2.24, 2.45) is 0 Å². The van der Waals surface area contributed by atoms with Crippen LogP contribution in [0.5, 0.6) is 0 Å². The van der Waals surface area contributed by atoms with Gasteiger partial charge in [-0.2, -0.15) is 0 Å².